The topological polar surface area (TPSA) is 34.9 Å². The minimum atomic E-state index is 0.249. The highest BCUT2D eigenvalue weighted by Gasteiger charge is 2.05. The fourth-order valence-corrected chi connectivity index (χ4v) is 1.57. The second-order valence-corrected chi connectivity index (χ2v) is 3.05. The number of carbonyl (C=O) groups excluding carboxylic acids is 1. The van der Waals surface area contributed by atoms with Crippen molar-refractivity contribution < 1.29 is 4.79 Å². The van der Waals surface area contributed by atoms with Crippen LogP contribution in [0.25, 0.3) is 11.0 Å². The minimum Gasteiger partial charge on any atom is -0.309 e. The number of carbonyl (C=O) groups is 1. The van der Waals surface area contributed by atoms with Crippen molar-refractivity contribution in [1.82, 2.24) is 9.55 Å². The second kappa shape index (κ2) is 3.18. The van der Waals surface area contributed by atoms with E-state index in [1.807, 2.05) is 12.1 Å². The summed E-state index contributed by atoms with van der Waals surface area (Å²) < 4.78 is 1.67. The van der Waals surface area contributed by atoms with Crippen molar-refractivity contribution in [3.05, 3.63) is 29.5 Å². The summed E-state index contributed by atoms with van der Waals surface area (Å²) in [4.78, 5) is 14.5. The number of halogens is 1. The average Bonchev–Trinajstić information content (AvgIpc) is 2.44. The lowest BCUT2D eigenvalue weighted by Crippen LogP contribution is -1.99. The van der Waals surface area contributed by atoms with E-state index in [0.717, 1.165) is 17.3 Å². The van der Waals surface area contributed by atoms with Gasteiger partial charge >= 0.3 is 0 Å². The first-order valence-electron chi connectivity index (χ1n) is 3.86. The maximum absolute atomic E-state index is 10.4. The van der Waals surface area contributed by atoms with Crippen molar-refractivity contribution >= 4 is 28.9 Å². The lowest BCUT2D eigenvalue weighted by molar-refractivity contribution is -0.108. The molecule has 0 aromatic carbocycles. The van der Waals surface area contributed by atoms with Gasteiger partial charge in [0.15, 0.2) is 0 Å². The van der Waals surface area contributed by atoms with Gasteiger partial charge in [-0.15, -0.1) is 0 Å². The highest BCUT2D eigenvalue weighted by molar-refractivity contribution is 6.30. The largest absolute Gasteiger partial charge is 0.309 e. The Kier molecular flexibility index (Phi) is 2.02. The molecule has 0 amide bonds. The summed E-state index contributed by atoms with van der Waals surface area (Å²) in [5.74, 6) is 0. The lowest BCUT2D eigenvalue weighted by atomic mass is 10.3. The maximum atomic E-state index is 10.4. The lowest BCUT2D eigenvalue weighted by Gasteiger charge is -1.98. The van der Waals surface area contributed by atoms with Gasteiger partial charge in [-0.05, 0) is 18.2 Å². The summed E-state index contributed by atoms with van der Waals surface area (Å²) in [5.41, 5.74) is 0.750. The zero-order chi connectivity index (χ0) is 9.26. The fraction of sp³-hybridized carbons (Fsp3) is 0.111. The molecule has 0 saturated carbocycles. The van der Waals surface area contributed by atoms with E-state index in [1.54, 1.807) is 16.8 Å². The predicted molar refractivity (Wildman–Crippen MR) is 50.8 cm³/mol. The third-order valence-corrected chi connectivity index (χ3v) is 2.18. The van der Waals surface area contributed by atoms with Crippen LogP contribution in [0.2, 0.25) is 5.15 Å². The van der Waals surface area contributed by atoms with Crippen LogP contribution in [-0.2, 0) is 11.3 Å². The van der Waals surface area contributed by atoms with Gasteiger partial charge in [0.2, 0.25) is 0 Å². The summed E-state index contributed by atoms with van der Waals surface area (Å²) in [7, 11) is 0. The van der Waals surface area contributed by atoms with Gasteiger partial charge in [0.25, 0.3) is 0 Å². The SMILES string of the molecule is O=CCn1c(Cl)cc2cccnc21. The molecule has 2 aromatic heterocycles. The Labute approximate surface area is 79.9 Å². The number of aldehydes is 1. The van der Waals surface area contributed by atoms with Crippen molar-refractivity contribution in [3.63, 3.8) is 0 Å². The van der Waals surface area contributed by atoms with Crippen LogP contribution in [0.3, 0.4) is 0 Å². The molecule has 0 saturated heterocycles. The van der Waals surface area contributed by atoms with Crippen LogP contribution in [-0.4, -0.2) is 15.8 Å². The fourth-order valence-electron chi connectivity index (χ4n) is 1.30. The molecule has 0 radical (unpaired) electrons. The van der Waals surface area contributed by atoms with Crippen LogP contribution in [0.4, 0.5) is 0 Å². The van der Waals surface area contributed by atoms with Gasteiger partial charge in [-0.2, -0.15) is 0 Å². The molecule has 4 heteroatoms. The highest BCUT2D eigenvalue weighted by Crippen LogP contribution is 2.20. The van der Waals surface area contributed by atoms with Crippen molar-refractivity contribution in [2.75, 3.05) is 0 Å². The number of pyridine rings is 1. The molecular formula is C9H7ClN2O. The number of hydrogen-bond acceptors (Lipinski definition) is 2. The smallest absolute Gasteiger partial charge is 0.141 e. The van der Waals surface area contributed by atoms with Crippen molar-refractivity contribution in [2.45, 2.75) is 6.54 Å². The predicted octanol–water partition coefficient (Wildman–Crippen LogP) is 1.89. The summed E-state index contributed by atoms with van der Waals surface area (Å²) in [6, 6.07) is 5.55. The number of hydrogen-bond donors (Lipinski definition) is 0. The van der Waals surface area contributed by atoms with Crippen molar-refractivity contribution in [2.24, 2.45) is 0 Å². The molecule has 0 aliphatic heterocycles. The van der Waals surface area contributed by atoms with Crippen LogP contribution in [0.1, 0.15) is 0 Å². The van der Waals surface area contributed by atoms with Gasteiger partial charge in [-0.25, -0.2) is 4.98 Å². The van der Waals surface area contributed by atoms with Gasteiger partial charge in [0.05, 0.1) is 6.54 Å². The number of nitrogens with zero attached hydrogens (tertiary/aromatic N) is 2. The standard InChI is InChI=1S/C9H7ClN2O/c10-8-6-7-2-1-3-11-9(7)12(8)4-5-13/h1-3,5-6H,4H2. The first kappa shape index (κ1) is 8.26. The molecule has 0 aliphatic rings. The molecule has 2 rings (SSSR count). The van der Waals surface area contributed by atoms with Crippen LogP contribution in [0.15, 0.2) is 24.4 Å². The first-order valence-corrected chi connectivity index (χ1v) is 4.24. The third-order valence-electron chi connectivity index (χ3n) is 1.86. The van der Waals surface area contributed by atoms with E-state index in [9.17, 15) is 4.79 Å². The van der Waals surface area contributed by atoms with Crippen LogP contribution >= 0.6 is 11.6 Å². The zero-order valence-corrected chi connectivity index (χ0v) is 7.53. The molecule has 2 aromatic rings. The Morgan fingerprint density at radius 3 is 3.23 bits per heavy atom. The summed E-state index contributed by atoms with van der Waals surface area (Å²) >= 11 is 5.91. The quantitative estimate of drug-likeness (QED) is 0.685. The van der Waals surface area contributed by atoms with Crippen LogP contribution < -0.4 is 0 Å². The summed E-state index contributed by atoms with van der Waals surface area (Å²) in [6.45, 7) is 0.249. The van der Waals surface area contributed by atoms with E-state index in [1.165, 1.54) is 0 Å². The Morgan fingerprint density at radius 2 is 2.46 bits per heavy atom. The van der Waals surface area contributed by atoms with Crippen LogP contribution in [0, 0.1) is 0 Å². The second-order valence-electron chi connectivity index (χ2n) is 2.66. The molecular weight excluding hydrogens is 188 g/mol. The Bertz CT molecular complexity index is 450. The van der Waals surface area contributed by atoms with E-state index in [2.05, 4.69) is 4.98 Å². The molecule has 0 bridgehead atoms. The van der Waals surface area contributed by atoms with E-state index in [4.69, 9.17) is 11.6 Å². The molecule has 0 N–H and O–H groups in total. The molecule has 2 heterocycles. The molecule has 0 aliphatic carbocycles. The Hall–Kier alpha value is -1.35. The Morgan fingerprint density at radius 1 is 1.62 bits per heavy atom. The minimum absolute atomic E-state index is 0.249. The molecule has 13 heavy (non-hydrogen) atoms. The average molecular weight is 195 g/mol. The number of fused-ring (bicyclic) bond motifs is 1. The summed E-state index contributed by atoms with van der Waals surface area (Å²) in [5, 5.41) is 1.50. The molecule has 66 valence electrons. The molecule has 0 spiro atoms. The van der Waals surface area contributed by atoms with Gasteiger partial charge in [-0.1, -0.05) is 11.6 Å². The van der Waals surface area contributed by atoms with Gasteiger partial charge in [0.1, 0.15) is 17.1 Å². The Balaban J connectivity index is 2.70. The molecule has 0 unspecified atom stereocenters. The maximum Gasteiger partial charge on any atom is 0.141 e. The van der Waals surface area contributed by atoms with Crippen LogP contribution in [0.5, 0.6) is 0 Å². The number of rotatable bonds is 2. The van der Waals surface area contributed by atoms with E-state index in [0.29, 0.717) is 5.15 Å². The normalized spacial score (nSPS) is 10.5. The van der Waals surface area contributed by atoms with Gasteiger partial charge in [0, 0.05) is 11.6 Å². The van der Waals surface area contributed by atoms with Crippen molar-refractivity contribution in [1.29, 1.82) is 0 Å². The molecule has 0 atom stereocenters. The summed E-state index contributed by atoms with van der Waals surface area (Å²) in [6.07, 6.45) is 2.49. The molecule has 0 fully saturated rings. The number of aromatic nitrogens is 2. The van der Waals surface area contributed by atoms with Gasteiger partial charge in [-0.3, -0.25) is 0 Å². The monoisotopic (exact) mass is 194 g/mol. The van der Waals surface area contributed by atoms with E-state index >= 15 is 0 Å². The van der Waals surface area contributed by atoms with Crippen molar-refractivity contribution in [3.8, 4) is 0 Å². The third kappa shape index (κ3) is 1.31. The first-order chi connectivity index (χ1) is 6.33. The zero-order valence-electron chi connectivity index (χ0n) is 6.77. The highest BCUT2D eigenvalue weighted by atomic mass is 35.5. The molecule has 3 nitrogen and oxygen atoms in total. The van der Waals surface area contributed by atoms with E-state index in [-0.39, 0.29) is 6.54 Å². The van der Waals surface area contributed by atoms with E-state index < -0.39 is 0 Å². The van der Waals surface area contributed by atoms with Gasteiger partial charge < -0.3 is 9.36 Å².